The molecule has 2 aromatic rings. The molecule has 4 rings (SSSR count). The number of piperazine rings is 2. The van der Waals surface area contributed by atoms with Crippen molar-refractivity contribution in [3.8, 4) is 0 Å². The van der Waals surface area contributed by atoms with Gasteiger partial charge >= 0.3 is 0 Å². The highest BCUT2D eigenvalue weighted by Gasteiger charge is 2.18. The smallest absolute Gasteiger partial charge is 0.242 e. The molecule has 0 radical (unpaired) electrons. The number of likely N-dealkylation sites (N-methyl/N-ethyl adjacent to an activating group) is 2. The largest absolute Gasteiger partial charge is 0.304 e. The predicted molar refractivity (Wildman–Crippen MR) is 133 cm³/mol. The van der Waals surface area contributed by atoms with E-state index in [0.29, 0.717) is 29.8 Å². The van der Waals surface area contributed by atoms with Gasteiger partial charge in [-0.15, -0.1) is 0 Å². The molecular weight excluding hydrogens is 456 g/mol. The number of rotatable bonds is 8. The van der Waals surface area contributed by atoms with Crippen molar-refractivity contribution in [3.63, 3.8) is 0 Å². The number of hydrazine groups is 2. The van der Waals surface area contributed by atoms with Crippen LogP contribution in [-0.4, -0.2) is 116 Å². The summed E-state index contributed by atoms with van der Waals surface area (Å²) < 4.78 is 25.4. The van der Waals surface area contributed by atoms with Crippen LogP contribution in [0.5, 0.6) is 0 Å². The van der Waals surface area contributed by atoms with Crippen molar-refractivity contribution in [2.24, 2.45) is 0 Å². The van der Waals surface area contributed by atoms with Crippen molar-refractivity contribution in [1.29, 1.82) is 0 Å². The highest BCUT2D eigenvalue weighted by atomic mass is 32.2. The van der Waals surface area contributed by atoms with Crippen LogP contribution in [0.25, 0.3) is 0 Å². The molecule has 2 fully saturated rings. The minimum Gasteiger partial charge on any atom is -0.304 e. The van der Waals surface area contributed by atoms with E-state index in [-0.39, 0.29) is 0 Å². The number of benzene rings is 1. The summed E-state index contributed by atoms with van der Waals surface area (Å²) in [7, 11) is 0.926. The standard InChI is InChI=1S/C21H34N10O2S/c1-28-8-12-30(13-9-28)25-20-22-19(16-17-4-6-18(7-5-17)27-34(3,32)33)23-21(24-20)26-31-14-10-29(2)11-15-31/h4-7,27H,8-16H2,1-3H3,(H2,22,23,24,25,26). The Hall–Kier alpha value is -2.58. The highest BCUT2D eigenvalue weighted by molar-refractivity contribution is 7.92. The molecule has 0 atom stereocenters. The number of sulfonamides is 1. The van der Waals surface area contributed by atoms with Gasteiger partial charge in [-0.1, -0.05) is 12.1 Å². The van der Waals surface area contributed by atoms with Gasteiger partial charge in [0.2, 0.25) is 21.9 Å². The fourth-order valence-corrected chi connectivity index (χ4v) is 4.37. The van der Waals surface area contributed by atoms with Crippen LogP contribution in [0.2, 0.25) is 0 Å². The Balaban J connectivity index is 1.50. The summed E-state index contributed by atoms with van der Waals surface area (Å²) in [5, 5.41) is 4.26. The molecule has 1 aromatic heterocycles. The zero-order valence-electron chi connectivity index (χ0n) is 20.0. The minimum atomic E-state index is -3.31. The molecule has 0 amide bonds. The fourth-order valence-electron chi connectivity index (χ4n) is 3.81. The van der Waals surface area contributed by atoms with E-state index in [1.165, 1.54) is 0 Å². The quantitative estimate of drug-likeness (QED) is 0.463. The molecule has 0 unspecified atom stereocenters. The number of hydrogen-bond donors (Lipinski definition) is 3. The third-order valence-corrected chi connectivity index (χ3v) is 6.43. The van der Waals surface area contributed by atoms with E-state index in [0.717, 1.165) is 64.2 Å². The van der Waals surface area contributed by atoms with Crippen LogP contribution in [0.15, 0.2) is 24.3 Å². The lowest BCUT2D eigenvalue weighted by atomic mass is 10.1. The molecular formula is C21H34N10O2S. The summed E-state index contributed by atoms with van der Waals surface area (Å²) in [6.45, 7) is 7.44. The average molecular weight is 491 g/mol. The number of aromatic nitrogens is 3. The van der Waals surface area contributed by atoms with E-state index in [1.807, 2.05) is 12.1 Å². The summed E-state index contributed by atoms with van der Waals surface area (Å²) in [4.78, 5) is 18.5. The molecule has 3 N–H and O–H groups in total. The third kappa shape index (κ3) is 7.46. The molecule has 2 aliphatic heterocycles. The summed E-state index contributed by atoms with van der Waals surface area (Å²) in [6.07, 6.45) is 1.63. The fraction of sp³-hybridized carbons (Fsp3) is 0.571. The number of hydrogen-bond acceptors (Lipinski definition) is 11. The van der Waals surface area contributed by atoms with Crippen molar-refractivity contribution in [2.45, 2.75) is 6.42 Å². The highest BCUT2D eigenvalue weighted by Crippen LogP contribution is 2.16. The molecule has 0 aliphatic carbocycles. The van der Waals surface area contributed by atoms with Crippen LogP contribution in [0, 0.1) is 0 Å². The number of anilines is 3. The van der Waals surface area contributed by atoms with Gasteiger partial charge in [-0.25, -0.2) is 18.4 Å². The molecule has 3 heterocycles. The zero-order valence-corrected chi connectivity index (χ0v) is 20.8. The monoisotopic (exact) mass is 490 g/mol. The first-order valence-corrected chi connectivity index (χ1v) is 13.3. The van der Waals surface area contributed by atoms with Crippen LogP contribution in [0.1, 0.15) is 11.4 Å². The van der Waals surface area contributed by atoms with Crippen molar-refractivity contribution < 1.29 is 8.42 Å². The molecule has 2 aliphatic rings. The molecule has 2 saturated heterocycles. The molecule has 0 saturated carbocycles. The maximum atomic E-state index is 11.4. The molecule has 1 aromatic carbocycles. The Morgan fingerprint density at radius 2 is 1.24 bits per heavy atom. The minimum absolute atomic E-state index is 0.497. The first-order valence-electron chi connectivity index (χ1n) is 11.4. The number of nitrogens with one attached hydrogen (secondary N) is 3. The Labute approximate surface area is 201 Å². The van der Waals surface area contributed by atoms with E-state index in [9.17, 15) is 8.42 Å². The van der Waals surface area contributed by atoms with Gasteiger partial charge in [-0.05, 0) is 31.8 Å². The first kappa shape index (κ1) is 24.5. The lowest BCUT2D eigenvalue weighted by Crippen LogP contribution is -2.48. The summed E-state index contributed by atoms with van der Waals surface area (Å²) in [6, 6.07) is 7.23. The van der Waals surface area contributed by atoms with E-state index >= 15 is 0 Å². The lowest BCUT2D eigenvalue weighted by molar-refractivity contribution is 0.176. The van der Waals surface area contributed by atoms with E-state index in [1.54, 1.807) is 12.1 Å². The molecule has 13 heteroatoms. The van der Waals surface area contributed by atoms with Crippen LogP contribution in [0.3, 0.4) is 0 Å². The van der Waals surface area contributed by atoms with Crippen LogP contribution in [0.4, 0.5) is 17.6 Å². The second-order valence-electron chi connectivity index (χ2n) is 8.95. The molecule has 12 nitrogen and oxygen atoms in total. The van der Waals surface area contributed by atoms with Gasteiger partial charge in [0.25, 0.3) is 0 Å². The maximum absolute atomic E-state index is 11.4. The van der Waals surface area contributed by atoms with Gasteiger partial charge < -0.3 is 9.80 Å². The molecule has 0 bridgehead atoms. The van der Waals surface area contributed by atoms with Crippen LogP contribution < -0.4 is 15.6 Å². The molecule has 0 spiro atoms. The van der Waals surface area contributed by atoms with E-state index in [2.05, 4.69) is 64.4 Å². The van der Waals surface area contributed by atoms with Gasteiger partial charge in [0, 0.05) is 64.5 Å². The van der Waals surface area contributed by atoms with Gasteiger partial charge in [-0.2, -0.15) is 15.0 Å². The normalized spacial score (nSPS) is 19.1. The third-order valence-electron chi connectivity index (χ3n) is 5.82. The van der Waals surface area contributed by atoms with E-state index < -0.39 is 10.0 Å². The predicted octanol–water partition coefficient (Wildman–Crippen LogP) is -0.0175. The summed E-state index contributed by atoms with van der Waals surface area (Å²) >= 11 is 0. The first-order chi connectivity index (χ1) is 16.2. The molecule has 34 heavy (non-hydrogen) atoms. The van der Waals surface area contributed by atoms with E-state index in [4.69, 9.17) is 0 Å². The SMILES string of the molecule is CN1CCN(Nc2nc(Cc3ccc(NS(C)(=O)=O)cc3)nc(NN3CCN(C)CC3)n2)CC1. The topological polar surface area (TPSA) is 122 Å². The average Bonchev–Trinajstić information content (AvgIpc) is 2.77. The summed E-state index contributed by atoms with van der Waals surface area (Å²) in [5.74, 6) is 1.66. The van der Waals surface area contributed by atoms with Gasteiger partial charge in [0.1, 0.15) is 5.82 Å². The van der Waals surface area contributed by atoms with Gasteiger partial charge in [-0.3, -0.25) is 15.6 Å². The van der Waals surface area contributed by atoms with Crippen LogP contribution >= 0.6 is 0 Å². The Morgan fingerprint density at radius 1 is 0.765 bits per heavy atom. The Morgan fingerprint density at radius 3 is 1.68 bits per heavy atom. The molecule has 186 valence electrons. The van der Waals surface area contributed by atoms with Gasteiger partial charge in [0.05, 0.1) is 6.26 Å². The van der Waals surface area contributed by atoms with Gasteiger partial charge in [0.15, 0.2) is 0 Å². The van der Waals surface area contributed by atoms with Crippen molar-refractivity contribution in [2.75, 3.05) is 88.3 Å². The Kier molecular flexibility index (Phi) is 7.78. The van der Waals surface area contributed by atoms with Crippen molar-refractivity contribution in [3.05, 3.63) is 35.7 Å². The maximum Gasteiger partial charge on any atom is 0.242 e. The second-order valence-corrected chi connectivity index (χ2v) is 10.7. The van der Waals surface area contributed by atoms with Crippen molar-refractivity contribution in [1.82, 2.24) is 34.8 Å². The van der Waals surface area contributed by atoms with Crippen molar-refractivity contribution >= 4 is 27.6 Å². The zero-order chi connectivity index (χ0) is 24.1. The lowest BCUT2D eigenvalue weighted by Gasteiger charge is -2.33. The summed E-state index contributed by atoms with van der Waals surface area (Å²) in [5.41, 5.74) is 8.19. The Bertz CT molecular complexity index is 1010. The number of nitrogens with zero attached hydrogens (tertiary/aromatic N) is 7. The second kappa shape index (κ2) is 10.8. The van der Waals surface area contributed by atoms with Crippen LogP contribution in [-0.2, 0) is 16.4 Å².